The molecular weight excluding hydrogens is 180 g/mol. The van der Waals surface area contributed by atoms with Crippen LogP contribution < -0.4 is 5.32 Å². The molecule has 1 radical (unpaired) electrons. The Kier molecular flexibility index (Phi) is 3.37. The van der Waals surface area contributed by atoms with Gasteiger partial charge in [-0.2, -0.15) is 0 Å². The number of hydrogen-bond acceptors (Lipinski definition) is 3. The van der Waals surface area contributed by atoms with Gasteiger partial charge >= 0.3 is 0 Å². The number of carbonyl (C=O) groups is 1. The molecule has 1 amide bonds. The molecule has 1 atom stereocenters. The molecule has 4 nitrogen and oxygen atoms in total. The van der Waals surface area contributed by atoms with Crippen LogP contribution in [0.1, 0.15) is 12.8 Å². The number of ether oxygens (including phenoxy) is 1. The summed E-state index contributed by atoms with van der Waals surface area (Å²) in [6, 6.07) is 0. The lowest BCUT2D eigenvalue weighted by molar-refractivity contribution is -0.145. The van der Waals surface area contributed by atoms with Crippen molar-refractivity contribution in [3.63, 3.8) is 0 Å². The predicted octanol–water partition coefficient (Wildman–Crippen LogP) is -0.199. The summed E-state index contributed by atoms with van der Waals surface area (Å²) in [4.78, 5) is 13.8. The first-order valence-corrected chi connectivity index (χ1v) is 5.31. The van der Waals surface area contributed by atoms with Gasteiger partial charge in [-0.15, -0.1) is 0 Å². The number of nitrogens with one attached hydrogen (secondary N) is 1. The number of rotatable bonds is 1. The zero-order valence-electron chi connectivity index (χ0n) is 8.37. The monoisotopic (exact) mass is 197 g/mol. The number of hydrogen-bond donors (Lipinski definition) is 1. The first-order valence-electron chi connectivity index (χ1n) is 5.31. The highest BCUT2D eigenvalue weighted by atomic mass is 16.5. The van der Waals surface area contributed by atoms with Crippen molar-refractivity contribution < 1.29 is 9.53 Å². The van der Waals surface area contributed by atoms with Gasteiger partial charge in [0.2, 0.25) is 0 Å². The summed E-state index contributed by atoms with van der Waals surface area (Å²) >= 11 is 0. The topological polar surface area (TPSA) is 41.6 Å². The smallest absolute Gasteiger partial charge is 0.253 e. The molecule has 1 N–H and O–H groups in total. The summed E-state index contributed by atoms with van der Waals surface area (Å²) in [7, 11) is 0. The molecule has 0 saturated carbocycles. The standard InChI is InChI=1S/C10H17N2O2/c13-10(9-8-11-4-7-14-9)12-5-2-1-3-6-12/h1,9,11H,2-8H2. The van der Waals surface area contributed by atoms with Crippen LogP contribution in [0.5, 0.6) is 0 Å². The van der Waals surface area contributed by atoms with Crippen LogP contribution >= 0.6 is 0 Å². The fourth-order valence-electron chi connectivity index (χ4n) is 1.90. The van der Waals surface area contributed by atoms with Crippen molar-refractivity contribution in [2.45, 2.75) is 18.9 Å². The zero-order chi connectivity index (χ0) is 9.80. The van der Waals surface area contributed by atoms with Crippen LogP contribution in [0, 0.1) is 6.42 Å². The molecule has 2 rings (SSSR count). The van der Waals surface area contributed by atoms with E-state index >= 15 is 0 Å². The van der Waals surface area contributed by atoms with E-state index in [9.17, 15) is 4.79 Å². The largest absolute Gasteiger partial charge is 0.366 e. The normalized spacial score (nSPS) is 28.9. The molecule has 2 saturated heterocycles. The Bertz CT molecular complexity index is 176. The second-order valence-corrected chi connectivity index (χ2v) is 3.75. The first-order chi connectivity index (χ1) is 6.88. The average molecular weight is 197 g/mol. The van der Waals surface area contributed by atoms with Crippen molar-refractivity contribution in [1.29, 1.82) is 0 Å². The molecule has 0 aromatic carbocycles. The van der Waals surface area contributed by atoms with Gasteiger partial charge in [-0.1, -0.05) is 0 Å². The van der Waals surface area contributed by atoms with E-state index in [0.717, 1.165) is 32.5 Å². The lowest BCUT2D eigenvalue weighted by atomic mass is 10.1. The molecule has 2 aliphatic rings. The SMILES string of the molecule is O=C(C1CNCCO1)N1CC[CH]CC1. The van der Waals surface area contributed by atoms with Crippen molar-refractivity contribution >= 4 is 5.91 Å². The van der Waals surface area contributed by atoms with Crippen LogP contribution in [0.15, 0.2) is 0 Å². The Hall–Kier alpha value is -0.610. The van der Waals surface area contributed by atoms with Crippen molar-refractivity contribution in [2.24, 2.45) is 0 Å². The lowest BCUT2D eigenvalue weighted by Crippen LogP contribution is -2.50. The van der Waals surface area contributed by atoms with Crippen LogP contribution in [0.25, 0.3) is 0 Å². The molecule has 0 bridgehead atoms. The molecule has 1 unspecified atom stereocenters. The maximum absolute atomic E-state index is 11.9. The maximum atomic E-state index is 11.9. The highest BCUT2D eigenvalue weighted by Gasteiger charge is 2.27. The van der Waals surface area contributed by atoms with Crippen LogP contribution in [0.4, 0.5) is 0 Å². The molecule has 79 valence electrons. The van der Waals surface area contributed by atoms with E-state index in [-0.39, 0.29) is 12.0 Å². The lowest BCUT2D eigenvalue weighted by Gasteiger charge is -2.32. The zero-order valence-corrected chi connectivity index (χ0v) is 8.37. The van der Waals surface area contributed by atoms with Crippen LogP contribution in [-0.2, 0) is 9.53 Å². The average Bonchev–Trinajstić information content (AvgIpc) is 2.30. The molecule has 2 aliphatic heterocycles. The minimum absolute atomic E-state index is 0.158. The maximum Gasteiger partial charge on any atom is 0.253 e. The molecule has 2 fully saturated rings. The van der Waals surface area contributed by atoms with Gasteiger partial charge < -0.3 is 15.0 Å². The van der Waals surface area contributed by atoms with E-state index < -0.39 is 0 Å². The molecule has 2 heterocycles. The first kappa shape index (κ1) is 9.93. The van der Waals surface area contributed by atoms with Gasteiger partial charge in [0, 0.05) is 26.2 Å². The van der Waals surface area contributed by atoms with E-state index in [1.54, 1.807) is 0 Å². The quantitative estimate of drug-likeness (QED) is 0.633. The summed E-state index contributed by atoms with van der Waals surface area (Å²) in [5.41, 5.74) is 0. The van der Waals surface area contributed by atoms with Gasteiger partial charge in [-0.3, -0.25) is 4.79 Å². The van der Waals surface area contributed by atoms with Crippen molar-refractivity contribution in [2.75, 3.05) is 32.8 Å². The van der Waals surface area contributed by atoms with Gasteiger partial charge in [-0.05, 0) is 19.3 Å². The third-order valence-electron chi connectivity index (χ3n) is 2.72. The van der Waals surface area contributed by atoms with Gasteiger partial charge in [0.15, 0.2) is 0 Å². The fraction of sp³-hybridized carbons (Fsp3) is 0.800. The Labute approximate surface area is 84.6 Å². The third kappa shape index (κ3) is 2.25. The number of likely N-dealkylation sites (tertiary alicyclic amines) is 1. The summed E-state index contributed by atoms with van der Waals surface area (Å²) in [6.45, 7) is 3.89. The minimum atomic E-state index is -0.248. The Morgan fingerprint density at radius 1 is 1.43 bits per heavy atom. The van der Waals surface area contributed by atoms with E-state index in [1.807, 2.05) is 4.90 Å². The molecule has 0 aromatic rings. The molecule has 0 aromatic heterocycles. The van der Waals surface area contributed by atoms with Gasteiger partial charge in [0.05, 0.1) is 6.61 Å². The van der Waals surface area contributed by atoms with E-state index in [0.29, 0.717) is 13.2 Å². The Morgan fingerprint density at radius 3 is 2.86 bits per heavy atom. The van der Waals surface area contributed by atoms with Gasteiger partial charge in [0.1, 0.15) is 6.10 Å². The van der Waals surface area contributed by atoms with E-state index in [1.165, 1.54) is 0 Å². The predicted molar refractivity (Wildman–Crippen MR) is 52.7 cm³/mol. The fourth-order valence-corrected chi connectivity index (χ4v) is 1.90. The summed E-state index contributed by atoms with van der Waals surface area (Å²) in [5, 5.41) is 3.17. The minimum Gasteiger partial charge on any atom is -0.366 e. The number of carbonyl (C=O) groups excluding carboxylic acids is 1. The highest BCUT2D eigenvalue weighted by molar-refractivity contribution is 5.81. The highest BCUT2D eigenvalue weighted by Crippen LogP contribution is 2.10. The van der Waals surface area contributed by atoms with Crippen molar-refractivity contribution in [1.82, 2.24) is 10.2 Å². The molecule has 14 heavy (non-hydrogen) atoms. The Morgan fingerprint density at radius 2 is 2.21 bits per heavy atom. The second kappa shape index (κ2) is 4.75. The van der Waals surface area contributed by atoms with Gasteiger partial charge in [0.25, 0.3) is 5.91 Å². The van der Waals surface area contributed by atoms with E-state index in [2.05, 4.69) is 11.7 Å². The number of nitrogens with zero attached hydrogens (tertiary/aromatic N) is 1. The molecule has 0 spiro atoms. The van der Waals surface area contributed by atoms with Gasteiger partial charge in [-0.25, -0.2) is 0 Å². The number of piperidine rings is 1. The third-order valence-corrected chi connectivity index (χ3v) is 2.72. The molecule has 4 heteroatoms. The van der Waals surface area contributed by atoms with E-state index in [4.69, 9.17) is 4.74 Å². The van der Waals surface area contributed by atoms with Crippen LogP contribution in [-0.4, -0.2) is 49.7 Å². The molecular formula is C10H17N2O2. The number of amides is 1. The summed E-state index contributed by atoms with van der Waals surface area (Å²) < 4.78 is 5.43. The summed E-state index contributed by atoms with van der Waals surface area (Å²) in [5.74, 6) is 0.158. The Balaban J connectivity index is 1.85. The van der Waals surface area contributed by atoms with Crippen molar-refractivity contribution in [3.8, 4) is 0 Å². The van der Waals surface area contributed by atoms with Crippen LogP contribution in [0.3, 0.4) is 0 Å². The second-order valence-electron chi connectivity index (χ2n) is 3.75. The summed E-state index contributed by atoms with van der Waals surface area (Å²) in [6.07, 6.45) is 4.03. The number of morpholine rings is 1. The van der Waals surface area contributed by atoms with Crippen LogP contribution in [0.2, 0.25) is 0 Å². The van der Waals surface area contributed by atoms with Crippen molar-refractivity contribution in [3.05, 3.63) is 6.42 Å². The molecule has 0 aliphatic carbocycles.